The number of fused-ring (bicyclic) bond motifs is 1. The van der Waals surface area contributed by atoms with E-state index in [2.05, 4.69) is 20.0 Å². The SMILES string of the molecule is Cc1ccc(-n2c(SCC(=O)Nc3ccccc3OC(F)F)nc3ccccc3c2=O)nc1. The molecule has 7 nitrogen and oxygen atoms in total. The van der Waals surface area contributed by atoms with E-state index in [0.29, 0.717) is 16.7 Å². The van der Waals surface area contributed by atoms with Crippen molar-refractivity contribution >= 4 is 34.3 Å². The summed E-state index contributed by atoms with van der Waals surface area (Å²) in [5.41, 5.74) is 1.23. The number of thioether (sulfide) groups is 1. The molecule has 0 aliphatic heterocycles. The summed E-state index contributed by atoms with van der Waals surface area (Å²) in [7, 11) is 0. The quantitative estimate of drug-likeness (QED) is 0.319. The van der Waals surface area contributed by atoms with E-state index in [9.17, 15) is 18.4 Å². The lowest BCUT2D eigenvalue weighted by Crippen LogP contribution is -2.23. The monoisotopic (exact) mass is 468 g/mol. The summed E-state index contributed by atoms with van der Waals surface area (Å²) in [4.78, 5) is 34.6. The van der Waals surface area contributed by atoms with Gasteiger partial charge in [-0.25, -0.2) is 14.5 Å². The van der Waals surface area contributed by atoms with Gasteiger partial charge in [0.25, 0.3) is 5.56 Å². The molecule has 0 bridgehead atoms. The number of aryl methyl sites for hydroxylation is 1. The van der Waals surface area contributed by atoms with Crippen LogP contribution in [-0.2, 0) is 4.79 Å². The zero-order valence-corrected chi connectivity index (χ0v) is 18.2. The van der Waals surface area contributed by atoms with Crippen molar-refractivity contribution < 1.29 is 18.3 Å². The van der Waals surface area contributed by atoms with Crippen LogP contribution in [0.4, 0.5) is 14.5 Å². The van der Waals surface area contributed by atoms with Gasteiger partial charge in [0.05, 0.1) is 22.3 Å². The molecule has 2 heterocycles. The van der Waals surface area contributed by atoms with Crippen LogP contribution < -0.4 is 15.6 Å². The van der Waals surface area contributed by atoms with Crippen molar-refractivity contribution in [1.82, 2.24) is 14.5 Å². The molecule has 2 aromatic heterocycles. The Hall–Kier alpha value is -3.79. The number of pyridine rings is 1. The molecule has 2 aromatic carbocycles. The molecule has 0 radical (unpaired) electrons. The van der Waals surface area contributed by atoms with Crippen molar-refractivity contribution in [3.05, 3.63) is 82.8 Å². The molecular weight excluding hydrogens is 450 g/mol. The highest BCUT2D eigenvalue weighted by Crippen LogP contribution is 2.26. The van der Waals surface area contributed by atoms with Gasteiger partial charge < -0.3 is 10.1 Å². The van der Waals surface area contributed by atoms with Crippen molar-refractivity contribution in [3.8, 4) is 11.6 Å². The molecule has 0 aliphatic carbocycles. The number of amides is 1. The summed E-state index contributed by atoms with van der Waals surface area (Å²) in [6.45, 7) is -1.14. The lowest BCUT2D eigenvalue weighted by Gasteiger charge is -2.13. The number of carbonyl (C=O) groups is 1. The largest absolute Gasteiger partial charge is 0.433 e. The fourth-order valence-electron chi connectivity index (χ4n) is 3.09. The zero-order chi connectivity index (χ0) is 23.4. The van der Waals surface area contributed by atoms with E-state index < -0.39 is 12.5 Å². The molecule has 4 aromatic rings. The molecule has 0 fully saturated rings. The highest BCUT2D eigenvalue weighted by molar-refractivity contribution is 7.99. The first-order valence-electron chi connectivity index (χ1n) is 9.83. The van der Waals surface area contributed by atoms with Crippen molar-refractivity contribution in [2.24, 2.45) is 0 Å². The Morgan fingerprint density at radius 3 is 2.64 bits per heavy atom. The van der Waals surface area contributed by atoms with E-state index in [1.165, 1.54) is 22.8 Å². The number of carbonyl (C=O) groups excluding carboxylic acids is 1. The number of hydrogen-bond donors (Lipinski definition) is 1. The summed E-state index contributed by atoms with van der Waals surface area (Å²) in [5, 5.41) is 3.26. The molecule has 0 aliphatic rings. The second kappa shape index (κ2) is 9.78. The van der Waals surface area contributed by atoms with E-state index in [4.69, 9.17) is 0 Å². The number of ether oxygens (including phenoxy) is 1. The molecule has 0 unspecified atom stereocenters. The van der Waals surface area contributed by atoms with Gasteiger partial charge in [0.15, 0.2) is 5.16 Å². The van der Waals surface area contributed by atoms with Crippen LogP contribution in [0.25, 0.3) is 16.7 Å². The number of aromatic nitrogens is 3. The predicted octanol–water partition coefficient (Wildman–Crippen LogP) is 4.42. The molecule has 1 amide bonds. The van der Waals surface area contributed by atoms with Crippen molar-refractivity contribution in [1.29, 1.82) is 0 Å². The van der Waals surface area contributed by atoms with E-state index in [-0.39, 0.29) is 27.9 Å². The van der Waals surface area contributed by atoms with Gasteiger partial charge in [-0.1, -0.05) is 42.1 Å². The van der Waals surface area contributed by atoms with Crippen LogP contribution in [0.2, 0.25) is 0 Å². The third-order valence-corrected chi connectivity index (χ3v) is 5.52. The van der Waals surface area contributed by atoms with E-state index in [0.717, 1.165) is 17.3 Å². The Morgan fingerprint density at radius 2 is 1.88 bits per heavy atom. The zero-order valence-electron chi connectivity index (χ0n) is 17.4. The number of rotatable bonds is 7. The van der Waals surface area contributed by atoms with E-state index >= 15 is 0 Å². The van der Waals surface area contributed by atoms with Crippen molar-refractivity contribution in [2.45, 2.75) is 18.7 Å². The highest BCUT2D eigenvalue weighted by Gasteiger charge is 2.17. The van der Waals surface area contributed by atoms with Gasteiger partial charge in [-0.05, 0) is 42.8 Å². The Kier molecular flexibility index (Phi) is 6.64. The first-order valence-corrected chi connectivity index (χ1v) is 10.8. The maximum atomic E-state index is 13.2. The normalized spacial score (nSPS) is 11.0. The number of alkyl halides is 2. The second-order valence-electron chi connectivity index (χ2n) is 6.96. The molecule has 168 valence electrons. The third kappa shape index (κ3) is 5.17. The number of benzene rings is 2. The average molecular weight is 468 g/mol. The molecule has 10 heteroatoms. The van der Waals surface area contributed by atoms with Gasteiger partial charge in [-0.3, -0.25) is 9.59 Å². The minimum Gasteiger partial charge on any atom is -0.433 e. The number of para-hydroxylation sites is 3. The molecule has 0 spiro atoms. The van der Waals surface area contributed by atoms with Crippen LogP contribution in [0.3, 0.4) is 0 Å². The Balaban J connectivity index is 1.62. The summed E-state index contributed by atoms with van der Waals surface area (Å²) in [6, 6.07) is 16.3. The molecule has 0 atom stereocenters. The van der Waals surface area contributed by atoms with Crippen molar-refractivity contribution in [3.63, 3.8) is 0 Å². The van der Waals surface area contributed by atoms with Gasteiger partial charge in [0, 0.05) is 6.20 Å². The predicted molar refractivity (Wildman–Crippen MR) is 122 cm³/mol. The number of halogens is 2. The smallest absolute Gasteiger partial charge is 0.387 e. The van der Waals surface area contributed by atoms with Crippen LogP contribution >= 0.6 is 11.8 Å². The van der Waals surface area contributed by atoms with E-state index in [1.54, 1.807) is 42.6 Å². The number of anilines is 1. The molecular formula is C23H18F2N4O3S. The van der Waals surface area contributed by atoms with Crippen LogP contribution in [0.1, 0.15) is 5.56 Å². The van der Waals surface area contributed by atoms with Gasteiger partial charge in [0.2, 0.25) is 5.91 Å². The molecule has 0 saturated carbocycles. The third-order valence-electron chi connectivity index (χ3n) is 4.58. The maximum Gasteiger partial charge on any atom is 0.387 e. The summed E-state index contributed by atoms with van der Waals surface area (Å²) < 4.78 is 31.0. The van der Waals surface area contributed by atoms with Gasteiger partial charge in [0.1, 0.15) is 11.6 Å². The number of nitrogens with zero attached hydrogens (tertiary/aromatic N) is 3. The fourth-order valence-corrected chi connectivity index (χ4v) is 3.89. The van der Waals surface area contributed by atoms with Crippen LogP contribution in [-0.4, -0.2) is 32.8 Å². The fraction of sp³-hybridized carbons (Fsp3) is 0.130. The maximum absolute atomic E-state index is 13.2. The lowest BCUT2D eigenvalue weighted by atomic mass is 10.2. The Morgan fingerprint density at radius 1 is 1.12 bits per heavy atom. The number of nitrogens with one attached hydrogen (secondary N) is 1. The van der Waals surface area contributed by atoms with Gasteiger partial charge >= 0.3 is 6.61 Å². The second-order valence-corrected chi connectivity index (χ2v) is 7.90. The van der Waals surface area contributed by atoms with Crippen LogP contribution in [0.5, 0.6) is 5.75 Å². The topological polar surface area (TPSA) is 86.1 Å². The first kappa shape index (κ1) is 22.4. The Labute approximate surface area is 191 Å². The summed E-state index contributed by atoms with van der Waals surface area (Å²) >= 11 is 1.03. The first-order chi connectivity index (χ1) is 15.9. The van der Waals surface area contributed by atoms with E-state index in [1.807, 2.05) is 13.0 Å². The standard InChI is InChI=1S/C23H18F2N4O3S/c1-14-10-11-19(26-12-14)29-21(31)15-6-2-3-7-16(15)28-23(29)33-13-20(30)27-17-8-4-5-9-18(17)32-22(24)25/h2-12,22H,13H2,1H3,(H,27,30). The van der Waals surface area contributed by atoms with Gasteiger partial charge in [-0.15, -0.1) is 0 Å². The molecule has 33 heavy (non-hydrogen) atoms. The molecule has 1 N–H and O–H groups in total. The highest BCUT2D eigenvalue weighted by atomic mass is 32.2. The Bertz CT molecular complexity index is 1360. The lowest BCUT2D eigenvalue weighted by molar-refractivity contribution is -0.113. The van der Waals surface area contributed by atoms with Gasteiger partial charge in [-0.2, -0.15) is 8.78 Å². The minimum atomic E-state index is -3.02. The van der Waals surface area contributed by atoms with Crippen LogP contribution in [0, 0.1) is 6.92 Å². The van der Waals surface area contributed by atoms with Crippen molar-refractivity contribution in [2.75, 3.05) is 11.1 Å². The summed E-state index contributed by atoms with van der Waals surface area (Å²) in [6.07, 6.45) is 1.64. The summed E-state index contributed by atoms with van der Waals surface area (Å²) in [5.74, 6) is -0.367. The molecule has 4 rings (SSSR count). The number of hydrogen-bond acceptors (Lipinski definition) is 6. The molecule has 0 saturated heterocycles. The van der Waals surface area contributed by atoms with Crippen LogP contribution in [0.15, 0.2) is 76.8 Å². The average Bonchev–Trinajstić information content (AvgIpc) is 2.80. The minimum absolute atomic E-state index is 0.118.